The summed E-state index contributed by atoms with van der Waals surface area (Å²) in [6.07, 6.45) is 4.95. The lowest BCUT2D eigenvalue weighted by Crippen LogP contribution is -2.29. The number of hydrogen-bond acceptors (Lipinski definition) is 4. The van der Waals surface area contributed by atoms with Gasteiger partial charge in [-0.05, 0) is 42.3 Å². The Kier molecular flexibility index (Phi) is 6.51. The van der Waals surface area contributed by atoms with Crippen LogP contribution in [0.2, 0.25) is 5.02 Å². The predicted molar refractivity (Wildman–Crippen MR) is 125 cm³/mol. The number of nitrogens with one attached hydrogen (secondary N) is 1. The number of carbonyl (C=O) groups excluding carboxylic acids is 1. The fourth-order valence-corrected chi connectivity index (χ4v) is 4.26. The van der Waals surface area contributed by atoms with E-state index in [1.54, 1.807) is 23.1 Å². The number of aromatic nitrogens is 2. The average molecular weight is 452 g/mol. The number of amides is 1. The van der Waals surface area contributed by atoms with Gasteiger partial charge in [-0.25, -0.2) is 0 Å². The van der Waals surface area contributed by atoms with Gasteiger partial charge < -0.3 is 14.7 Å². The van der Waals surface area contributed by atoms with Gasteiger partial charge in [-0.3, -0.25) is 9.89 Å². The van der Waals surface area contributed by atoms with Crippen molar-refractivity contribution in [3.8, 4) is 22.8 Å². The van der Waals surface area contributed by atoms with E-state index in [4.69, 9.17) is 16.3 Å². The van der Waals surface area contributed by atoms with Crippen LogP contribution in [0.25, 0.3) is 11.3 Å². The Balaban J connectivity index is 1.77. The summed E-state index contributed by atoms with van der Waals surface area (Å²) in [5.74, 6) is 0.637. The van der Waals surface area contributed by atoms with Gasteiger partial charge in [0.1, 0.15) is 22.9 Å². The molecule has 1 unspecified atom stereocenters. The van der Waals surface area contributed by atoms with E-state index in [2.05, 4.69) is 23.7 Å². The molecule has 0 spiro atoms. The van der Waals surface area contributed by atoms with E-state index in [9.17, 15) is 9.90 Å². The molecular formula is C25H26ClN3O3. The second-order valence-electron chi connectivity index (χ2n) is 7.80. The number of phenolic OH excluding ortho intramolecular Hbond substituents is 1. The molecule has 0 saturated heterocycles. The van der Waals surface area contributed by atoms with Crippen molar-refractivity contribution in [2.45, 2.75) is 32.2 Å². The van der Waals surface area contributed by atoms with Crippen LogP contribution in [0.4, 0.5) is 0 Å². The van der Waals surface area contributed by atoms with Crippen LogP contribution in [-0.4, -0.2) is 39.3 Å². The van der Waals surface area contributed by atoms with Crippen molar-refractivity contribution in [1.82, 2.24) is 15.1 Å². The lowest BCUT2D eigenvalue weighted by Gasteiger charge is -2.25. The van der Waals surface area contributed by atoms with Crippen LogP contribution in [0.15, 0.2) is 55.1 Å². The normalized spacial score (nSPS) is 15.1. The lowest BCUT2D eigenvalue weighted by atomic mass is 9.95. The third kappa shape index (κ3) is 4.10. The largest absolute Gasteiger partial charge is 0.507 e. The van der Waals surface area contributed by atoms with E-state index < -0.39 is 6.04 Å². The molecule has 166 valence electrons. The highest BCUT2D eigenvalue weighted by atomic mass is 35.5. The lowest BCUT2D eigenvalue weighted by molar-refractivity contribution is 0.0764. The van der Waals surface area contributed by atoms with Gasteiger partial charge in [-0.1, -0.05) is 49.6 Å². The molecule has 0 aliphatic carbocycles. The molecular weight excluding hydrogens is 426 g/mol. The summed E-state index contributed by atoms with van der Waals surface area (Å²) in [6, 6.07) is 12.2. The number of halogens is 1. The molecule has 3 aromatic rings. The number of aromatic amines is 1. The van der Waals surface area contributed by atoms with Crippen LogP contribution in [0.3, 0.4) is 0 Å². The molecule has 2 aromatic carbocycles. The van der Waals surface area contributed by atoms with Gasteiger partial charge in [0.15, 0.2) is 0 Å². The number of hydrogen-bond donors (Lipinski definition) is 2. The van der Waals surface area contributed by atoms with Crippen molar-refractivity contribution in [3.63, 3.8) is 0 Å². The minimum Gasteiger partial charge on any atom is -0.507 e. The van der Waals surface area contributed by atoms with Crippen molar-refractivity contribution in [3.05, 3.63) is 77.0 Å². The molecule has 0 saturated carbocycles. The van der Waals surface area contributed by atoms with E-state index in [1.807, 2.05) is 24.3 Å². The standard InChI is InChI=1S/C25H26ClN3O3/c1-3-5-6-13-32-18-9-7-8-16(14-18)24-21-22(19-15-17(26)10-11-20(19)30)27-28-23(21)25(31)29(24)12-4-2/h4,7-11,14-15,24,30H,2-3,5-6,12-13H2,1H3,(H,27,28). The number of fused-ring (bicyclic) bond motifs is 1. The third-order valence-electron chi connectivity index (χ3n) is 5.59. The summed E-state index contributed by atoms with van der Waals surface area (Å²) in [6.45, 7) is 6.99. The molecule has 1 atom stereocenters. The molecule has 2 heterocycles. The Morgan fingerprint density at radius 1 is 1.28 bits per heavy atom. The smallest absolute Gasteiger partial charge is 0.273 e. The van der Waals surface area contributed by atoms with Crippen molar-refractivity contribution < 1.29 is 14.6 Å². The molecule has 4 rings (SSSR count). The number of ether oxygens (including phenoxy) is 1. The van der Waals surface area contributed by atoms with E-state index in [0.717, 1.165) is 30.6 Å². The molecule has 2 N–H and O–H groups in total. The SMILES string of the molecule is C=CCN1C(=O)c2[nH]nc(-c3cc(Cl)ccc3O)c2C1c1cccc(OCCCCC)c1. The molecule has 0 fully saturated rings. The Labute approximate surface area is 192 Å². The van der Waals surface area contributed by atoms with E-state index in [-0.39, 0.29) is 11.7 Å². The molecule has 7 heteroatoms. The van der Waals surface area contributed by atoms with Crippen molar-refractivity contribution in [2.24, 2.45) is 0 Å². The Bertz CT molecular complexity index is 1140. The predicted octanol–water partition coefficient (Wildman–Crippen LogP) is 5.74. The molecule has 0 radical (unpaired) electrons. The highest BCUT2D eigenvalue weighted by molar-refractivity contribution is 6.31. The summed E-state index contributed by atoms with van der Waals surface area (Å²) in [5.41, 5.74) is 2.98. The average Bonchev–Trinajstić information content (AvgIpc) is 3.33. The number of nitrogens with zero attached hydrogens (tertiary/aromatic N) is 2. The van der Waals surface area contributed by atoms with Crippen molar-refractivity contribution in [1.29, 1.82) is 0 Å². The van der Waals surface area contributed by atoms with Gasteiger partial charge in [0.2, 0.25) is 0 Å². The summed E-state index contributed by atoms with van der Waals surface area (Å²) in [7, 11) is 0. The minimum atomic E-state index is -0.401. The first-order valence-electron chi connectivity index (χ1n) is 10.8. The molecule has 1 amide bonds. The van der Waals surface area contributed by atoms with E-state index >= 15 is 0 Å². The Hall–Kier alpha value is -3.25. The van der Waals surface area contributed by atoms with Gasteiger partial charge >= 0.3 is 0 Å². The number of unbranched alkanes of at least 4 members (excludes halogenated alkanes) is 2. The first kappa shape index (κ1) is 22.0. The molecule has 1 aliphatic rings. The first-order chi connectivity index (χ1) is 15.5. The van der Waals surface area contributed by atoms with E-state index in [1.165, 1.54) is 6.07 Å². The number of aromatic hydroxyl groups is 1. The maximum atomic E-state index is 13.2. The van der Waals surface area contributed by atoms with Crippen LogP contribution in [0.1, 0.15) is 53.8 Å². The van der Waals surface area contributed by atoms with E-state index in [0.29, 0.717) is 40.7 Å². The fourth-order valence-electron chi connectivity index (χ4n) is 4.09. The number of H-pyrrole nitrogens is 1. The zero-order valence-corrected chi connectivity index (χ0v) is 18.7. The van der Waals surface area contributed by atoms with Crippen molar-refractivity contribution in [2.75, 3.05) is 13.2 Å². The second kappa shape index (κ2) is 9.49. The summed E-state index contributed by atoms with van der Waals surface area (Å²) in [4.78, 5) is 14.9. The quantitative estimate of drug-likeness (QED) is 0.321. The van der Waals surface area contributed by atoms with Crippen molar-refractivity contribution >= 4 is 17.5 Å². The second-order valence-corrected chi connectivity index (χ2v) is 8.24. The number of rotatable bonds is 9. The van der Waals surface area contributed by atoms with Gasteiger partial charge in [0, 0.05) is 22.7 Å². The maximum absolute atomic E-state index is 13.2. The monoisotopic (exact) mass is 451 g/mol. The van der Waals surface area contributed by atoms with Crippen LogP contribution >= 0.6 is 11.6 Å². The molecule has 6 nitrogen and oxygen atoms in total. The Morgan fingerprint density at radius 3 is 2.91 bits per heavy atom. The molecule has 32 heavy (non-hydrogen) atoms. The Morgan fingerprint density at radius 2 is 2.12 bits per heavy atom. The maximum Gasteiger partial charge on any atom is 0.273 e. The van der Waals surface area contributed by atoms with Crippen LogP contribution < -0.4 is 4.74 Å². The van der Waals surface area contributed by atoms with Crippen LogP contribution in [-0.2, 0) is 0 Å². The van der Waals surface area contributed by atoms with Gasteiger partial charge in [-0.2, -0.15) is 5.10 Å². The number of benzene rings is 2. The zero-order chi connectivity index (χ0) is 22.7. The van der Waals surface area contributed by atoms with Crippen LogP contribution in [0.5, 0.6) is 11.5 Å². The third-order valence-corrected chi connectivity index (χ3v) is 5.83. The number of phenols is 1. The molecule has 1 aliphatic heterocycles. The molecule has 0 bridgehead atoms. The zero-order valence-electron chi connectivity index (χ0n) is 18.0. The highest BCUT2D eigenvalue weighted by Gasteiger charge is 2.42. The molecule has 1 aromatic heterocycles. The van der Waals surface area contributed by atoms with Gasteiger partial charge in [-0.15, -0.1) is 6.58 Å². The fraction of sp³-hybridized carbons (Fsp3) is 0.280. The summed E-state index contributed by atoms with van der Waals surface area (Å²) >= 11 is 6.18. The highest BCUT2D eigenvalue weighted by Crippen LogP contribution is 2.45. The topological polar surface area (TPSA) is 78.5 Å². The minimum absolute atomic E-state index is 0.0464. The van der Waals surface area contributed by atoms with Crippen LogP contribution in [0, 0.1) is 0 Å². The number of carbonyl (C=O) groups is 1. The van der Waals surface area contributed by atoms with Gasteiger partial charge in [0.25, 0.3) is 5.91 Å². The summed E-state index contributed by atoms with van der Waals surface area (Å²) in [5, 5.41) is 18.2. The summed E-state index contributed by atoms with van der Waals surface area (Å²) < 4.78 is 5.95. The first-order valence-corrected chi connectivity index (χ1v) is 11.1. The van der Waals surface area contributed by atoms with Gasteiger partial charge in [0.05, 0.1) is 12.6 Å².